The van der Waals surface area contributed by atoms with Gasteiger partial charge in [-0.1, -0.05) is 11.8 Å². The van der Waals surface area contributed by atoms with E-state index in [0.717, 1.165) is 18.5 Å². The number of thioether (sulfide) groups is 1. The largest absolute Gasteiger partial charge is 0.368 e. The molecule has 0 aromatic carbocycles. The second-order valence-corrected chi connectivity index (χ2v) is 6.46. The van der Waals surface area contributed by atoms with Gasteiger partial charge in [-0.05, 0) is 25.7 Å². The Morgan fingerprint density at radius 1 is 1.40 bits per heavy atom. The third-order valence-corrected chi connectivity index (χ3v) is 4.83. The standard InChI is InChI=1S/C11H14N6OS2/c12-9-15-11(17-16-9)19-5-8(18)14-10-13-6-3-1-2-4-7(6)20-10/h1-5H2,(H,13,14,18)(H3,12,15,16,17). The van der Waals surface area contributed by atoms with Crippen molar-refractivity contribution in [1.82, 2.24) is 20.2 Å². The van der Waals surface area contributed by atoms with Gasteiger partial charge in [0.1, 0.15) is 0 Å². The molecule has 4 N–H and O–H groups in total. The number of hydrogen-bond donors (Lipinski definition) is 3. The van der Waals surface area contributed by atoms with Crippen LogP contribution in [-0.2, 0) is 17.6 Å². The summed E-state index contributed by atoms with van der Waals surface area (Å²) in [5.41, 5.74) is 6.56. The number of amides is 1. The first-order valence-corrected chi connectivity index (χ1v) is 8.10. The lowest BCUT2D eigenvalue weighted by molar-refractivity contribution is -0.113. The molecule has 2 heterocycles. The van der Waals surface area contributed by atoms with E-state index in [4.69, 9.17) is 5.73 Å². The highest BCUT2D eigenvalue weighted by molar-refractivity contribution is 7.99. The highest BCUT2D eigenvalue weighted by atomic mass is 32.2. The summed E-state index contributed by atoms with van der Waals surface area (Å²) in [5, 5.41) is 10.4. The molecular formula is C11H14N6OS2. The Labute approximate surface area is 123 Å². The Kier molecular flexibility index (Phi) is 3.88. The number of nitrogens with zero attached hydrogens (tertiary/aromatic N) is 3. The number of nitrogen functional groups attached to an aromatic ring is 1. The minimum Gasteiger partial charge on any atom is -0.368 e. The smallest absolute Gasteiger partial charge is 0.236 e. The molecule has 7 nitrogen and oxygen atoms in total. The van der Waals surface area contributed by atoms with Crippen molar-refractivity contribution in [1.29, 1.82) is 0 Å². The number of hydrogen-bond acceptors (Lipinski definition) is 7. The van der Waals surface area contributed by atoms with Gasteiger partial charge >= 0.3 is 0 Å². The van der Waals surface area contributed by atoms with Crippen molar-refractivity contribution in [2.45, 2.75) is 30.8 Å². The summed E-state index contributed by atoms with van der Waals surface area (Å²) in [6, 6.07) is 0. The van der Waals surface area contributed by atoms with Gasteiger partial charge in [-0.2, -0.15) is 4.98 Å². The summed E-state index contributed by atoms with van der Waals surface area (Å²) < 4.78 is 0. The van der Waals surface area contributed by atoms with Crippen LogP contribution >= 0.6 is 23.1 Å². The molecule has 0 unspecified atom stereocenters. The molecule has 0 saturated heterocycles. The van der Waals surface area contributed by atoms with Crippen molar-refractivity contribution in [2.24, 2.45) is 0 Å². The summed E-state index contributed by atoms with van der Waals surface area (Å²) in [4.78, 5) is 21.5. The molecule has 2 aromatic rings. The van der Waals surface area contributed by atoms with Gasteiger partial charge in [0.05, 0.1) is 11.4 Å². The van der Waals surface area contributed by atoms with Crippen LogP contribution in [0.2, 0.25) is 0 Å². The van der Waals surface area contributed by atoms with E-state index in [1.165, 1.54) is 29.5 Å². The van der Waals surface area contributed by atoms with E-state index < -0.39 is 0 Å². The fourth-order valence-electron chi connectivity index (χ4n) is 2.01. The second kappa shape index (κ2) is 5.80. The third kappa shape index (κ3) is 3.10. The molecule has 1 amide bonds. The average Bonchev–Trinajstić information content (AvgIpc) is 3.01. The predicted octanol–water partition coefficient (Wildman–Crippen LogP) is 1.45. The van der Waals surface area contributed by atoms with Crippen LogP contribution < -0.4 is 11.1 Å². The number of aryl methyl sites for hydroxylation is 2. The number of anilines is 2. The first-order chi connectivity index (χ1) is 9.70. The molecular weight excluding hydrogens is 296 g/mol. The van der Waals surface area contributed by atoms with Crippen molar-refractivity contribution < 1.29 is 4.79 Å². The Hall–Kier alpha value is -1.61. The first kappa shape index (κ1) is 13.4. The number of carbonyl (C=O) groups is 1. The van der Waals surface area contributed by atoms with Gasteiger partial charge in [0.15, 0.2) is 5.13 Å². The van der Waals surface area contributed by atoms with Crippen molar-refractivity contribution in [3.05, 3.63) is 10.6 Å². The maximum Gasteiger partial charge on any atom is 0.236 e. The van der Waals surface area contributed by atoms with E-state index in [2.05, 4.69) is 25.5 Å². The number of fused-ring (bicyclic) bond motifs is 1. The molecule has 9 heteroatoms. The number of aromatic nitrogens is 4. The van der Waals surface area contributed by atoms with Gasteiger partial charge in [-0.3, -0.25) is 4.79 Å². The zero-order valence-electron chi connectivity index (χ0n) is 10.7. The van der Waals surface area contributed by atoms with E-state index in [1.807, 2.05) is 0 Å². The van der Waals surface area contributed by atoms with Gasteiger partial charge in [-0.15, -0.1) is 16.4 Å². The first-order valence-electron chi connectivity index (χ1n) is 6.30. The van der Waals surface area contributed by atoms with Gasteiger partial charge in [0.25, 0.3) is 0 Å². The van der Waals surface area contributed by atoms with Crippen molar-refractivity contribution >= 4 is 40.1 Å². The zero-order chi connectivity index (χ0) is 13.9. The van der Waals surface area contributed by atoms with E-state index in [0.29, 0.717) is 10.3 Å². The SMILES string of the molecule is Nc1nc(SCC(=O)Nc2nc3c(s2)CCCC3)n[nH]1. The minimum atomic E-state index is -0.107. The molecule has 1 aliphatic rings. The Morgan fingerprint density at radius 2 is 2.25 bits per heavy atom. The molecule has 106 valence electrons. The quantitative estimate of drug-likeness (QED) is 0.737. The van der Waals surface area contributed by atoms with Crippen LogP contribution in [-0.4, -0.2) is 31.8 Å². The molecule has 20 heavy (non-hydrogen) atoms. The average molecular weight is 310 g/mol. The van der Waals surface area contributed by atoms with Gasteiger partial charge in [0.2, 0.25) is 17.0 Å². The zero-order valence-corrected chi connectivity index (χ0v) is 12.3. The Morgan fingerprint density at radius 3 is 3.00 bits per heavy atom. The fourth-order valence-corrected chi connectivity index (χ4v) is 3.69. The third-order valence-electron chi connectivity index (χ3n) is 2.91. The highest BCUT2D eigenvalue weighted by Gasteiger charge is 2.16. The summed E-state index contributed by atoms with van der Waals surface area (Å²) >= 11 is 2.81. The van der Waals surface area contributed by atoms with E-state index in [-0.39, 0.29) is 17.6 Å². The van der Waals surface area contributed by atoms with E-state index in [1.54, 1.807) is 11.3 Å². The van der Waals surface area contributed by atoms with Crippen LogP contribution in [0.25, 0.3) is 0 Å². The van der Waals surface area contributed by atoms with Crippen molar-refractivity contribution in [2.75, 3.05) is 16.8 Å². The maximum atomic E-state index is 11.8. The van der Waals surface area contributed by atoms with Crippen LogP contribution in [0.5, 0.6) is 0 Å². The number of carbonyl (C=O) groups excluding carboxylic acids is 1. The van der Waals surface area contributed by atoms with E-state index in [9.17, 15) is 4.79 Å². The lowest BCUT2D eigenvalue weighted by atomic mass is 10.0. The molecule has 3 rings (SSSR count). The fraction of sp³-hybridized carbons (Fsp3) is 0.455. The molecule has 0 atom stereocenters. The maximum absolute atomic E-state index is 11.8. The van der Waals surface area contributed by atoms with Crippen LogP contribution in [0.4, 0.5) is 11.1 Å². The lowest BCUT2D eigenvalue weighted by Gasteiger charge is -2.06. The van der Waals surface area contributed by atoms with Gasteiger partial charge in [-0.25, -0.2) is 10.1 Å². The van der Waals surface area contributed by atoms with Crippen LogP contribution in [0.3, 0.4) is 0 Å². The minimum absolute atomic E-state index is 0.107. The molecule has 1 aliphatic carbocycles. The summed E-state index contributed by atoms with van der Waals surface area (Å²) in [6.07, 6.45) is 4.50. The molecule has 2 aromatic heterocycles. The van der Waals surface area contributed by atoms with Crippen LogP contribution in [0.1, 0.15) is 23.4 Å². The summed E-state index contributed by atoms with van der Waals surface area (Å²) in [6.45, 7) is 0. The van der Waals surface area contributed by atoms with Crippen LogP contribution in [0.15, 0.2) is 5.16 Å². The Bertz CT molecular complexity index is 599. The monoisotopic (exact) mass is 310 g/mol. The predicted molar refractivity (Wildman–Crippen MR) is 78.9 cm³/mol. The topological polar surface area (TPSA) is 110 Å². The van der Waals surface area contributed by atoms with Gasteiger partial charge in [0, 0.05) is 4.88 Å². The number of thiazole rings is 1. The molecule has 0 radical (unpaired) electrons. The molecule has 0 saturated carbocycles. The number of aromatic amines is 1. The number of H-pyrrole nitrogens is 1. The number of rotatable bonds is 4. The second-order valence-electron chi connectivity index (χ2n) is 4.44. The number of nitrogens with one attached hydrogen (secondary N) is 2. The van der Waals surface area contributed by atoms with Crippen LogP contribution in [0, 0.1) is 0 Å². The summed E-state index contributed by atoms with van der Waals surface area (Å²) in [5.74, 6) is 0.381. The lowest BCUT2D eigenvalue weighted by Crippen LogP contribution is -2.14. The Balaban J connectivity index is 1.54. The summed E-state index contributed by atoms with van der Waals surface area (Å²) in [7, 11) is 0. The van der Waals surface area contributed by atoms with Crippen molar-refractivity contribution in [3.63, 3.8) is 0 Å². The van der Waals surface area contributed by atoms with Gasteiger partial charge < -0.3 is 11.1 Å². The van der Waals surface area contributed by atoms with Crippen molar-refractivity contribution in [3.8, 4) is 0 Å². The normalized spacial score (nSPS) is 14.0. The molecule has 0 spiro atoms. The highest BCUT2D eigenvalue weighted by Crippen LogP contribution is 2.29. The van der Waals surface area contributed by atoms with E-state index >= 15 is 0 Å². The number of nitrogens with two attached hydrogens (primary N) is 1. The molecule has 0 aliphatic heterocycles. The molecule has 0 bridgehead atoms. The molecule has 0 fully saturated rings.